The van der Waals surface area contributed by atoms with E-state index in [1.807, 2.05) is 24.9 Å². The van der Waals surface area contributed by atoms with E-state index >= 15 is 0 Å². The number of hydrogen-bond donors (Lipinski definition) is 2. The van der Waals surface area contributed by atoms with Crippen LogP contribution in [0.15, 0.2) is 18.2 Å². The zero-order valence-corrected chi connectivity index (χ0v) is 11.1. The Morgan fingerprint density at radius 3 is 2.76 bits per heavy atom. The molecule has 0 amide bonds. The van der Waals surface area contributed by atoms with E-state index in [1.165, 1.54) is 0 Å². The summed E-state index contributed by atoms with van der Waals surface area (Å²) in [6.45, 7) is 2.71. The zero-order chi connectivity index (χ0) is 13.0. The van der Waals surface area contributed by atoms with Gasteiger partial charge in [0.2, 0.25) is 0 Å². The van der Waals surface area contributed by atoms with Gasteiger partial charge in [-0.2, -0.15) is 0 Å². The molecule has 3 N–H and O–H groups in total. The van der Waals surface area contributed by atoms with Gasteiger partial charge in [0, 0.05) is 37.0 Å². The molecule has 0 radical (unpaired) electrons. The van der Waals surface area contributed by atoms with Gasteiger partial charge in [-0.3, -0.25) is 5.41 Å². The second-order valence-corrected chi connectivity index (χ2v) is 4.44. The summed E-state index contributed by atoms with van der Waals surface area (Å²) in [5.41, 5.74) is 7.07. The molecule has 0 heterocycles. The third-order valence-corrected chi connectivity index (χ3v) is 2.83. The standard InChI is InChI=1S/C12H18ClN3O/c1-8(17-3)7-16(2)11-5-4-9(13)6-10(11)12(14)15/h4-6,8H,7H2,1-3H3,(H3,14,15). The van der Waals surface area contributed by atoms with Gasteiger partial charge in [0.1, 0.15) is 5.84 Å². The fraction of sp³-hybridized carbons (Fsp3) is 0.417. The second kappa shape index (κ2) is 5.89. The molecule has 17 heavy (non-hydrogen) atoms. The topological polar surface area (TPSA) is 62.3 Å². The summed E-state index contributed by atoms with van der Waals surface area (Å²) < 4.78 is 5.21. The first-order valence-electron chi connectivity index (χ1n) is 5.33. The monoisotopic (exact) mass is 255 g/mol. The fourth-order valence-corrected chi connectivity index (χ4v) is 1.79. The van der Waals surface area contributed by atoms with Crippen molar-refractivity contribution in [3.05, 3.63) is 28.8 Å². The molecule has 1 aromatic carbocycles. The van der Waals surface area contributed by atoms with Crippen LogP contribution in [0.5, 0.6) is 0 Å². The van der Waals surface area contributed by atoms with E-state index in [2.05, 4.69) is 0 Å². The van der Waals surface area contributed by atoms with E-state index in [4.69, 9.17) is 27.5 Å². The van der Waals surface area contributed by atoms with Gasteiger partial charge in [-0.15, -0.1) is 0 Å². The number of ether oxygens (including phenoxy) is 1. The van der Waals surface area contributed by atoms with E-state index < -0.39 is 0 Å². The van der Waals surface area contributed by atoms with Crippen LogP contribution in [0.2, 0.25) is 5.02 Å². The largest absolute Gasteiger partial charge is 0.384 e. The Morgan fingerprint density at radius 1 is 1.59 bits per heavy atom. The van der Waals surface area contributed by atoms with E-state index in [1.54, 1.807) is 19.2 Å². The summed E-state index contributed by atoms with van der Waals surface area (Å²) in [5, 5.41) is 8.13. The predicted molar refractivity (Wildman–Crippen MR) is 72.2 cm³/mol. The Labute approximate surface area is 107 Å². The zero-order valence-electron chi connectivity index (χ0n) is 10.3. The average Bonchev–Trinajstić information content (AvgIpc) is 2.28. The molecule has 1 rings (SSSR count). The van der Waals surface area contributed by atoms with E-state index in [9.17, 15) is 0 Å². The van der Waals surface area contributed by atoms with Crippen LogP contribution >= 0.6 is 11.6 Å². The predicted octanol–water partition coefficient (Wildman–Crippen LogP) is 2.10. The van der Waals surface area contributed by atoms with Crippen molar-refractivity contribution in [2.75, 3.05) is 25.6 Å². The van der Waals surface area contributed by atoms with Crippen molar-refractivity contribution in [1.82, 2.24) is 0 Å². The number of likely N-dealkylation sites (N-methyl/N-ethyl adjacent to an activating group) is 1. The molecular formula is C12H18ClN3O. The van der Waals surface area contributed by atoms with Crippen LogP contribution in [0.4, 0.5) is 5.69 Å². The van der Waals surface area contributed by atoms with Crippen molar-refractivity contribution in [2.45, 2.75) is 13.0 Å². The molecule has 4 nitrogen and oxygen atoms in total. The number of hydrogen-bond acceptors (Lipinski definition) is 3. The molecule has 0 saturated carbocycles. The maximum atomic E-state index is 7.55. The minimum atomic E-state index is 0.0134. The van der Waals surface area contributed by atoms with Crippen LogP contribution in [0.3, 0.4) is 0 Å². The molecule has 0 aliphatic heterocycles. The number of benzene rings is 1. The van der Waals surface area contributed by atoms with Crippen molar-refractivity contribution in [3.63, 3.8) is 0 Å². The van der Waals surface area contributed by atoms with Gasteiger partial charge < -0.3 is 15.4 Å². The smallest absolute Gasteiger partial charge is 0.124 e. The fourth-order valence-electron chi connectivity index (χ4n) is 1.62. The van der Waals surface area contributed by atoms with E-state index in [-0.39, 0.29) is 11.9 Å². The number of rotatable bonds is 5. The number of nitrogens with zero attached hydrogens (tertiary/aromatic N) is 1. The maximum absolute atomic E-state index is 7.55. The van der Waals surface area contributed by atoms with Gasteiger partial charge in [-0.25, -0.2) is 0 Å². The first-order chi connectivity index (χ1) is 7.95. The number of methoxy groups -OCH3 is 1. The molecule has 1 atom stereocenters. The minimum absolute atomic E-state index is 0.0134. The molecule has 0 fully saturated rings. The maximum Gasteiger partial charge on any atom is 0.124 e. The summed E-state index contributed by atoms with van der Waals surface area (Å²) in [5.74, 6) is 0.0134. The lowest BCUT2D eigenvalue weighted by molar-refractivity contribution is 0.124. The highest BCUT2D eigenvalue weighted by atomic mass is 35.5. The van der Waals surface area contributed by atoms with Crippen LogP contribution < -0.4 is 10.6 Å². The molecular weight excluding hydrogens is 238 g/mol. The lowest BCUT2D eigenvalue weighted by atomic mass is 10.1. The number of nitrogen functional groups attached to an aromatic ring is 1. The quantitative estimate of drug-likeness (QED) is 0.626. The number of halogens is 1. The Kier molecular flexibility index (Phi) is 4.78. The first kappa shape index (κ1) is 13.8. The minimum Gasteiger partial charge on any atom is -0.384 e. The summed E-state index contributed by atoms with van der Waals surface area (Å²) in [6, 6.07) is 5.35. The van der Waals surface area contributed by atoms with Crippen molar-refractivity contribution in [2.24, 2.45) is 5.73 Å². The normalized spacial score (nSPS) is 12.2. The Morgan fingerprint density at radius 2 is 2.24 bits per heavy atom. The van der Waals surface area contributed by atoms with Crippen LogP contribution in [-0.2, 0) is 4.74 Å². The summed E-state index contributed by atoms with van der Waals surface area (Å²) in [4.78, 5) is 2.00. The Balaban J connectivity index is 3.00. The molecule has 0 saturated heterocycles. The van der Waals surface area contributed by atoms with Gasteiger partial charge in [-0.1, -0.05) is 11.6 Å². The van der Waals surface area contributed by atoms with Gasteiger partial charge in [-0.05, 0) is 25.1 Å². The highest BCUT2D eigenvalue weighted by Crippen LogP contribution is 2.23. The number of nitrogens with one attached hydrogen (secondary N) is 1. The lowest BCUT2D eigenvalue weighted by Gasteiger charge is -2.25. The van der Waals surface area contributed by atoms with Gasteiger partial charge >= 0.3 is 0 Å². The summed E-state index contributed by atoms with van der Waals surface area (Å²) in [6.07, 6.45) is 0.107. The third kappa shape index (κ3) is 3.61. The molecule has 0 spiro atoms. The van der Waals surface area contributed by atoms with Crippen LogP contribution in [-0.4, -0.2) is 32.6 Å². The molecule has 0 aliphatic rings. The third-order valence-electron chi connectivity index (χ3n) is 2.59. The summed E-state index contributed by atoms with van der Waals surface area (Å²) >= 11 is 5.90. The van der Waals surface area contributed by atoms with E-state index in [0.717, 1.165) is 12.2 Å². The van der Waals surface area contributed by atoms with Crippen molar-refractivity contribution in [3.8, 4) is 0 Å². The average molecular weight is 256 g/mol. The first-order valence-corrected chi connectivity index (χ1v) is 5.71. The lowest BCUT2D eigenvalue weighted by Crippen LogP contribution is -2.30. The van der Waals surface area contributed by atoms with Crippen LogP contribution in [0.1, 0.15) is 12.5 Å². The highest BCUT2D eigenvalue weighted by molar-refractivity contribution is 6.31. The van der Waals surface area contributed by atoms with Crippen LogP contribution in [0.25, 0.3) is 0 Å². The molecule has 94 valence electrons. The van der Waals surface area contributed by atoms with Crippen molar-refractivity contribution in [1.29, 1.82) is 5.41 Å². The summed E-state index contributed by atoms with van der Waals surface area (Å²) in [7, 11) is 3.61. The number of nitrogens with two attached hydrogens (primary N) is 1. The molecule has 0 aliphatic carbocycles. The molecule has 1 aromatic rings. The number of amidine groups is 1. The van der Waals surface area contributed by atoms with Crippen molar-refractivity contribution < 1.29 is 4.74 Å². The Hall–Kier alpha value is -1.26. The second-order valence-electron chi connectivity index (χ2n) is 4.00. The SMILES string of the molecule is COC(C)CN(C)c1ccc(Cl)cc1C(=N)N. The molecule has 5 heteroatoms. The molecule has 1 unspecified atom stereocenters. The van der Waals surface area contributed by atoms with Gasteiger partial charge in [0.25, 0.3) is 0 Å². The van der Waals surface area contributed by atoms with Crippen LogP contribution in [0, 0.1) is 5.41 Å². The molecule has 0 aromatic heterocycles. The van der Waals surface area contributed by atoms with E-state index in [0.29, 0.717) is 10.6 Å². The Bertz CT molecular complexity index is 409. The number of anilines is 1. The van der Waals surface area contributed by atoms with Crippen molar-refractivity contribution >= 4 is 23.1 Å². The molecule has 0 bridgehead atoms. The highest BCUT2D eigenvalue weighted by Gasteiger charge is 2.12. The van der Waals surface area contributed by atoms with Gasteiger partial charge in [0.05, 0.1) is 6.10 Å². The van der Waals surface area contributed by atoms with Gasteiger partial charge in [0.15, 0.2) is 0 Å².